The zero-order valence-corrected chi connectivity index (χ0v) is 15.6. The Morgan fingerprint density at radius 1 is 0.962 bits per heavy atom. The van der Waals surface area contributed by atoms with Gasteiger partial charge in [0, 0.05) is 5.92 Å². The zero-order valence-electron chi connectivity index (χ0n) is 15.6. The lowest BCUT2D eigenvalue weighted by atomic mass is 9.91. The number of hydrogen-bond acceptors (Lipinski definition) is 2. The van der Waals surface area contributed by atoms with Gasteiger partial charge >= 0.3 is 0 Å². The predicted octanol–water partition coefficient (Wildman–Crippen LogP) is 4.35. The summed E-state index contributed by atoms with van der Waals surface area (Å²) in [6, 6.07) is 19.9. The summed E-state index contributed by atoms with van der Waals surface area (Å²) in [5.41, 5.74) is 2.38. The molecule has 2 aromatic rings. The Hall–Kier alpha value is -2.42. The van der Waals surface area contributed by atoms with Crippen molar-refractivity contribution in [1.82, 2.24) is 5.32 Å². The molecule has 2 atom stereocenters. The number of carbonyl (C=O) groups excluding carboxylic acids is 2. The highest BCUT2D eigenvalue weighted by Crippen LogP contribution is 2.17. The number of unbranched alkanes of at least 4 members (excludes halogenated alkanes) is 1. The van der Waals surface area contributed by atoms with Gasteiger partial charge in [-0.25, -0.2) is 0 Å². The van der Waals surface area contributed by atoms with Gasteiger partial charge < -0.3 is 10.1 Å². The van der Waals surface area contributed by atoms with E-state index in [1.807, 2.05) is 36.4 Å². The first-order valence-electron chi connectivity index (χ1n) is 9.56. The largest absolute Gasteiger partial charge is 0.346 e. The molecule has 0 spiro atoms. The number of nitrogens with one attached hydrogen (secondary N) is 1. The Kier molecular flexibility index (Phi) is 8.61. The van der Waals surface area contributed by atoms with Crippen molar-refractivity contribution in [3.05, 3.63) is 71.8 Å². The van der Waals surface area contributed by atoms with Crippen molar-refractivity contribution >= 4 is 12.2 Å². The number of benzene rings is 2. The quantitative estimate of drug-likeness (QED) is 0.612. The molecule has 0 saturated carbocycles. The number of hydrogen-bond donors (Lipinski definition) is 1. The molecule has 138 valence electrons. The lowest BCUT2D eigenvalue weighted by Gasteiger charge is -2.20. The van der Waals surface area contributed by atoms with E-state index in [1.54, 1.807) is 0 Å². The molecule has 0 heterocycles. The van der Waals surface area contributed by atoms with E-state index >= 15 is 0 Å². The van der Waals surface area contributed by atoms with Crippen molar-refractivity contribution in [1.29, 1.82) is 0 Å². The minimum atomic E-state index is -0.377. The van der Waals surface area contributed by atoms with Gasteiger partial charge in [0.25, 0.3) is 0 Å². The van der Waals surface area contributed by atoms with E-state index in [-0.39, 0.29) is 17.9 Å². The molecule has 2 unspecified atom stereocenters. The van der Waals surface area contributed by atoms with Crippen LogP contribution in [0.1, 0.15) is 43.7 Å². The van der Waals surface area contributed by atoms with Crippen LogP contribution in [-0.2, 0) is 22.4 Å². The fourth-order valence-electron chi connectivity index (χ4n) is 3.11. The van der Waals surface area contributed by atoms with Crippen molar-refractivity contribution in [2.75, 3.05) is 0 Å². The van der Waals surface area contributed by atoms with E-state index < -0.39 is 0 Å². The summed E-state index contributed by atoms with van der Waals surface area (Å²) in [6.45, 7) is 2.09. The van der Waals surface area contributed by atoms with Gasteiger partial charge in [-0.15, -0.1) is 0 Å². The summed E-state index contributed by atoms with van der Waals surface area (Å²) in [4.78, 5) is 24.1. The minimum Gasteiger partial charge on any atom is -0.346 e. The SMILES string of the molecule is CCCCC(C=O)NC(=O)C(CCc1ccccc1)Cc1ccccc1. The van der Waals surface area contributed by atoms with Gasteiger partial charge in [-0.05, 0) is 36.8 Å². The Morgan fingerprint density at radius 2 is 1.58 bits per heavy atom. The van der Waals surface area contributed by atoms with Crippen LogP contribution in [0.5, 0.6) is 0 Å². The highest BCUT2D eigenvalue weighted by molar-refractivity contribution is 5.82. The van der Waals surface area contributed by atoms with Crippen LogP contribution in [0.3, 0.4) is 0 Å². The third-order valence-electron chi connectivity index (χ3n) is 4.68. The van der Waals surface area contributed by atoms with Crippen LogP contribution in [0.15, 0.2) is 60.7 Å². The molecule has 0 saturated heterocycles. The molecule has 0 bridgehead atoms. The van der Waals surface area contributed by atoms with Crippen molar-refractivity contribution in [3.63, 3.8) is 0 Å². The van der Waals surface area contributed by atoms with Crippen molar-refractivity contribution < 1.29 is 9.59 Å². The smallest absolute Gasteiger partial charge is 0.224 e. The topological polar surface area (TPSA) is 46.2 Å². The first-order valence-corrected chi connectivity index (χ1v) is 9.56. The summed E-state index contributed by atoms with van der Waals surface area (Å²) in [7, 11) is 0. The van der Waals surface area contributed by atoms with Crippen molar-refractivity contribution in [3.8, 4) is 0 Å². The van der Waals surface area contributed by atoms with E-state index in [1.165, 1.54) is 5.56 Å². The van der Waals surface area contributed by atoms with E-state index in [0.717, 1.165) is 37.5 Å². The van der Waals surface area contributed by atoms with Crippen LogP contribution in [0.4, 0.5) is 0 Å². The minimum absolute atomic E-state index is 0.0158. The lowest BCUT2D eigenvalue weighted by molar-refractivity contribution is -0.127. The fourth-order valence-corrected chi connectivity index (χ4v) is 3.11. The predicted molar refractivity (Wildman–Crippen MR) is 106 cm³/mol. The monoisotopic (exact) mass is 351 g/mol. The third-order valence-corrected chi connectivity index (χ3v) is 4.68. The molecule has 2 aromatic carbocycles. The molecule has 0 aliphatic carbocycles. The first-order chi connectivity index (χ1) is 12.7. The molecule has 26 heavy (non-hydrogen) atoms. The average molecular weight is 351 g/mol. The summed E-state index contributed by atoms with van der Waals surface area (Å²) in [5.74, 6) is -0.153. The maximum atomic E-state index is 12.8. The van der Waals surface area contributed by atoms with Crippen molar-refractivity contribution in [2.24, 2.45) is 5.92 Å². The Bertz CT molecular complexity index is 654. The van der Waals surface area contributed by atoms with Gasteiger partial charge in [-0.1, -0.05) is 80.4 Å². The number of aryl methyl sites for hydroxylation is 1. The number of rotatable bonds is 11. The van der Waals surface area contributed by atoms with Crippen LogP contribution in [0.25, 0.3) is 0 Å². The molecule has 3 nitrogen and oxygen atoms in total. The molecule has 0 aliphatic heterocycles. The normalized spacial score (nSPS) is 13.0. The van der Waals surface area contributed by atoms with Crippen LogP contribution in [0, 0.1) is 5.92 Å². The highest BCUT2D eigenvalue weighted by atomic mass is 16.2. The van der Waals surface area contributed by atoms with E-state index in [4.69, 9.17) is 0 Å². The highest BCUT2D eigenvalue weighted by Gasteiger charge is 2.21. The summed E-state index contributed by atoms with van der Waals surface area (Å²) in [6.07, 6.45) is 5.85. The molecular formula is C23H29NO2. The van der Waals surface area contributed by atoms with Crippen LogP contribution in [0.2, 0.25) is 0 Å². The number of amides is 1. The van der Waals surface area contributed by atoms with Gasteiger partial charge in [-0.3, -0.25) is 4.79 Å². The maximum Gasteiger partial charge on any atom is 0.224 e. The number of carbonyl (C=O) groups is 2. The second kappa shape index (κ2) is 11.2. The van der Waals surface area contributed by atoms with Gasteiger partial charge in [0.1, 0.15) is 6.29 Å². The summed E-state index contributed by atoms with van der Waals surface area (Å²) >= 11 is 0. The second-order valence-electron chi connectivity index (χ2n) is 6.80. The molecule has 2 rings (SSSR count). The molecule has 0 aromatic heterocycles. The lowest BCUT2D eigenvalue weighted by Crippen LogP contribution is -2.40. The van der Waals surface area contributed by atoms with Crippen molar-refractivity contribution in [2.45, 2.75) is 51.5 Å². The summed E-state index contributed by atoms with van der Waals surface area (Å²) in [5, 5.41) is 2.95. The van der Waals surface area contributed by atoms with Crippen LogP contribution in [-0.4, -0.2) is 18.2 Å². The van der Waals surface area contributed by atoms with Gasteiger partial charge in [-0.2, -0.15) is 0 Å². The molecule has 0 radical (unpaired) electrons. The van der Waals surface area contributed by atoms with E-state index in [2.05, 4.69) is 36.5 Å². The third kappa shape index (κ3) is 6.83. The van der Waals surface area contributed by atoms with E-state index in [0.29, 0.717) is 12.8 Å². The molecule has 3 heteroatoms. The van der Waals surface area contributed by atoms with Crippen LogP contribution < -0.4 is 5.32 Å². The number of aldehydes is 1. The van der Waals surface area contributed by atoms with Gasteiger partial charge in [0.2, 0.25) is 5.91 Å². The Balaban J connectivity index is 2.03. The molecule has 0 fully saturated rings. The molecule has 0 aliphatic rings. The first kappa shape index (κ1) is 19.9. The Labute approximate surface area is 156 Å². The second-order valence-corrected chi connectivity index (χ2v) is 6.80. The van der Waals surface area contributed by atoms with E-state index in [9.17, 15) is 9.59 Å². The van der Waals surface area contributed by atoms with Gasteiger partial charge in [0.15, 0.2) is 0 Å². The standard InChI is InChI=1S/C23H29NO2/c1-2-3-14-22(18-25)24-23(26)21(17-20-12-8-5-9-13-20)16-15-19-10-6-4-7-11-19/h4-13,18,21-22H,2-3,14-17H2,1H3,(H,24,26). The molecule has 1 N–H and O–H groups in total. The average Bonchev–Trinajstić information content (AvgIpc) is 2.69. The Morgan fingerprint density at radius 3 is 2.15 bits per heavy atom. The summed E-state index contributed by atoms with van der Waals surface area (Å²) < 4.78 is 0. The molecule has 1 amide bonds. The molecular weight excluding hydrogens is 322 g/mol. The fraction of sp³-hybridized carbons (Fsp3) is 0.391. The maximum absolute atomic E-state index is 12.8. The van der Waals surface area contributed by atoms with Crippen LogP contribution >= 0.6 is 0 Å². The zero-order chi connectivity index (χ0) is 18.6. The van der Waals surface area contributed by atoms with Gasteiger partial charge in [0.05, 0.1) is 6.04 Å².